The van der Waals surface area contributed by atoms with Gasteiger partial charge in [0.25, 0.3) is 0 Å². The summed E-state index contributed by atoms with van der Waals surface area (Å²) < 4.78 is 5.45. The third kappa shape index (κ3) is 7.48. The number of carboxylic acids is 1. The van der Waals surface area contributed by atoms with Gasteiger partial charge in [-0.3, -0.25) is 4.79 Å². The van der Waals surface area contributed by atoms with E-state index in [9.17, 15) is 4.79 Å². The van der Waals surface area contributed by atoms with Crippen molar-refractivity contribution in [3.63, 3.8) is 0 Å². The number of anilines is 1. The highest BCUT2D eigenvalue weighted by molar-refractivity contribution is 5.67. The molecule has 21 heavy (non-hydrogen) atoms. The normalized spacial score (nSPS) is 12.2. The molecule has 0 bridgehead atoms. The zero-order chi connectivity index (χ0) is 15.7. The van der Waals surface area contributed by atoms with E-state index in [-0.39, 0.29) is 12.3 Å². The molecule has 118 valence electrons. The molecule has 0 aliphatic heterocycles. The molecule has 0 saturated heterocycles. The molecule has 0 fully saturated rings. The fraction of sp³-hybridized carbons (Fsp3) is 0.667. The fourth-order valence-corrected chi connectivity index (χ4v) is 2.12. The van der Waals surface area contributed by atoms with Crippen LogP contribution in [0.15, 0.2) is 12.4 Å². The van der Waals surface area contributed by atoms with Crippen LogP contribution in [-0.2, 0) is 4.79 Å². The van der Waals surface area contributed by atoms with Crippen LogP contribution in [0.3, 0.4) is 0 Å². The highest BCUT2D eigenvalue weighted by atomic mass is 16.5. The molecule has 0 radical (unpaired) electrons. The number of aliphatic carboxylic acids is 1. The number of aromatic nitrogens is 2. The molecule has 0 saturated carbocycles. The maximum absolute atomic E-state index is 10.9. The molecule has 0 aliphatic carbocycles. The van der Waals surface area contributed by atoms with Crippen LogP contribution in [0.4, 0.5) is 5.82 Å². The van der Waals surface area contributed by atoms with Crippen molar-refractivity contribution in [1.29, 1.82) is 0 Å². The van der Waals surface area contributed by atoms with E-state index in [2.05, 4.69) is 29.1 Å². The lowest BCUT2D eigenvalue weighted by Gasteiger charge is -2.18. The largest absolute Gasteiger partial charge is 0.481 e. The Labute approximate surface area is 126 Å². The molecular weight excluding hydrogens is 270 g/mol. The second-order valence-electron chi connectivity index (χ2n) is 5.56. The van der Waals surface area contributed by atoms with Gasteiger partial charge in [0.05, 0.1) is 6.61 Å². The van der Waals surface area contributed by atoms with Gasteiger partial charge in [0.1, 0.15) is 12.1 Å². The molecule has 1 rings (SSSR count). The first-order valence-corrected chi connectivity index (χ1v) is 7.41. The van der Waals surface area contributed by atoms with Gasteiger partial charge >= 0.3 is 5.97 Å². The van der Waals surface area contributed by atoms with Gasteiger partial charge in [0.2, 0.25) is 5.88 Å². The molecule has 6 heteroatoms. The van der Waals surface area contributed by atoms with Crippen molar-refractivity contribution < 1.29 is 14.6 Å². The number of hydrogen-bond donors (Lipinski definition) is 2. The summed E-state index contributed by atoms with van der Waals surface area (Å²) in [6.45, 7) is 7.41. The Morgan fingerprint density at radius 1 is 1.43 bits per heavy atom. The van der Waals surface area contributed by atoms with Crippen molar-refractivity contribution in [2.24, 2.45) is 11.8 Å². The number of nitrogens with zero attached hydrogens (tertiary/aromatic N) is 2. The molecule has 6 nitrogen and oxygen atoms in total. The molecule has 2 N–H and O–H groups in total. The maximum Gasteiger partial charge on any atom is 0.303 e. The Bertz CT molecular complexity index is 438. The quantitative estimate of drug-likeness (QED) is 0.690. The minimum atomic E-state index is -0.767. The van der Waals surface area contributed by atoms with Crippen molar-refractivity contribution in [3.05, 3.63) is 12.4 Å². The van der Waals surface area contributed by atoms with Crippen LogP contribution in [0.1, 0.15) is 40.0 Å². The highest BCUT2D eigenvalue weighted by Crippen LogP contribution is 2.17. The second kappa shape index (κ2) is 9.15. The third-order valence-corrected chi connectivity index (χ3v) is 2.94. The molecule has 0 amide bonds. The first-order chi connectivity index (χ1) is 10.0. The Hall–Kier alpha value is -1.85. The molecular formula is C15H25N3O3. The van der Waals surface area contributed by atoms with Gasteiger partial charge in [-0.15, -0.1) is 0 Å². The standard InChI is InChI=1S/C15H25N3O3/c1-4-5-21-14-8-13(17-10-18-14)16-9-12(6-11(2)3)7-15(19)20/h8,10-12H,4-7,9H2,1-3H3,(H,19,20)(H,16,17,18). The average Bonchev–Trinajstić information content (AvgIpc) is 2.42. The first-order valence-electron chi connectivity index (χ1n) is 7.41. The molecule has 0 aromatic carbocycles. The fourth-order valence-electron chi connectivity index (χ4n) is 2.12. The third-order valence-electron chi connectivity index (χ3n) is 2.94. The van der Waals surface area contributed by atoms with Crippen molar-refractivity contribution in [2.45, 2.75) is 40.0 Å². The summed E-state index contributed by atoms with van der Waals surface area (Å²) in [5.41, 5.74) is 0. The van der Waals surface area contributed by atoms with E-state index in [1.54, 1.807) is 6.07 Å². The Morgan fingerprint density at radius 3 is 2.81 bits per heavy atom. The summed E-state index contributed by atoms with van der Waals surface area (Å²) in [6.07, 6.45) is 3.39. The van der Waals surface area contributed by atoms with Gasteiger partial charge in [0, 0.05) is 19.0 Å². The average molecular weight is 295 g/mol. The molecule has 1 unspecified atom stereocenters. The van der Waals surface area contributed by atoms with E-state index >= 15 is 0 Å². The van der Waals surface area contributed by atoms with Crippen molar-refractivity contribution >= 4 is 11.8 Å². The molecule has 1 aromatic heterocycles. The van der Waals surface area contributed by atoms with Crippen LogP contribution >= 0.6 is 0 Å². The lowest BCUT2D eigenvalue weighted by Crippen LogP contribution is -2.20. The zero-order valence-electron chi connectivity index (χ0n) is 13.0. The van der Waals surface area contributed by atoms with Crippen LogP contribution in [0.5, 0.6) is 5.88 Å². The lowest BCUT2D eigenvalue weighted by atomic mass is 9.94. The minimum absolute atomic E-state index is 0.0810. The first kappa shape index (κ1) is 17.2. The summed E-state index contributed by atoms with van der Waals surface area (Å²) in [7, 11) is 0. The van der Waals surface area contributed by atoms with E-state index in [4.69, 9.17) is 9.84 Å². The second-order valence-corrected chi connectivity index (χ2v) is 5.56. The van der Waals surface area contributed by atoms with E-state index < -0.39 is 5.97 Å². The summed E-state index contributed by atoms with van der Waals surface area (Å²) in [5.74, 6) is 0.975. The SMILES string of the molecule is CCCOc1cc(NCC(CC(=O)O)CC(C)C)ncn1. The van der Waals surface area contributed by atoms with Gasteiger partial charge in [0.15, 0.2) is 0 Å². The Balaban J connectivity index is 2.55. The maximum atomic E-state index is 10.9. The monoisotopic (exact) mass is 295 g/mol. The predicted octanol–water partition coefficient (Wildman–Crippen LogP) is 2.81. The lowest BCUT2D eigenvalue weighted by molar-refractivity contribution is -0.138. The molecule has 1 heterocycles. The van der Waals surface area contributed by atoms with Gasteiger partial charge in [-0.25, -0.2) is 9.97 Å². The van der Waals surface area contributed by atoms with E-state index in [1.807, 2.05) is 6.92 Å². The number of rotatable bonds is 10. The molecule has 1 aromatic rings. The smallest absolute Gasteiger partial charge is 0.303 e. The number of nitrogens with one attached hydrogen (secondary N) is 1. The zero-order valence-corrected chi connectivity index (χ0v) is 13.0. The predicted molar refractivity (Wildman–Crippen MR) is 81.5 cm³/mol. The van der Waals surface area contributed by atoms with E-state index in [0.29, 0.717) is 30.8 Å². The van der Waals surface area contributed by atoms with Crippen molar-refractivity contribution in [2.75, 3.05) is 18.5 Å². The summed E-state index contributed by atoms with van der Waals surface area (Å²) >= 11 is 0. The number of carbonyl (C=O) groups is 1. The van der Waals surface area contributed by atoms with Crippen LogP contribution in [0, 0.1) is 11.8 Å². The Morgan fingerprint density at radius 2 is 2.19 bits per heavy atom. The van der Waals surface area contributed by atoms with Crippen LogP contribution < -0.4 is 10.1 Å². The highest BCUT2D eigenvalue weighted by Gasteiger charge is 2.15. The number of hydrogen-bond acceptors (Lipinski definition) is 5. The summed E-state index contributed by atoms with van der Waals surface area (Å²) in [6, 6.07) is 1.74. The minimum Gasteiger partial charge on any atom is -0.481 e. The van der Waals surface area contributed by atoms with Gasteiger partial charge < -0.3 is 15.2 Å². The Kier molecular flexibility index (Phi) is 7.50. The molecule has 0 spiro atoms. The van der Waals surface area contributed by atoms with Crippen molar-refractivity contribution in [1.82, 2.24) is 9.97 Å². The topological polar surface area (TPSA) is 84.3 Å². The number of ether oxygens (including phenoxy) is 1. The van der Waals surface area contributed by atoms with E-state index in [1.165, 1.54) is 6.33 Å². The molecule has 0 aliphatic rings. The van der Waals surface area contributed by atoms with E-state index in [0.717, 1.165) is 12.8 Å². The van der Waals surface area contributed by atoms with Crippen LogP contribution in [0.2, 0.25) is 0 Å². The van der Waals surface area contributed by atoms with Gasteiger partial charge in [-0.1, -0.05) is 20.8 Å². The summed E-state index contributed by atoms with van der Waals surface area (Å²) in [5, 5.41) is 12.1. The molecule has 1 atom stereocenters. The van der Waals surface area contributed by atoms with Gasteiger partial charge in [-0.05, 0) is 24.7 Å². The number of carboxylic acid groups (broad SMARTS) is 1. The van der Waals surface area contributed by atoms with Crippen LogP contribution in [-0.4, -0.2) is 34.2 Å². The van der Waals surface area contributed by atoms with Gasteiger partial charge in [-0.2, -0.15) is 0 Å². The summed E-state index contributed by atoms with van der Waals surface area (Å²) in [4.78, 5) is 19.1. The van der Waals surface area contributed by atoms with Crippen LogP contribution in [0.25, 0.3) is 0 Å². The van der Waals surface area contributed by atoms with Crippen molar-refractivity contribution in [3.8, 4) is 5.88 Å².